The number of ether oxygens (including phenoxy) is 1. The van der Waals surface area contributed by atoms with Crippen LogP contribution in [0.2, 0.25) is 0 Å². The Morgan fingerprint density at radius 1 is 1.69 bits per heavy atom. The van der Waals surface area contributed by atoms with Crippen molar-refractivity contribution >= 4 is 5.69 Å². The zero-order chi connectivity index (χ0) is 11.4. The zero-order valence-corrected chi connectivity index (χ0v) is 9.31. The molecule has 2 unspecified atom stereocenters. The van der Waals surface area contributed by atoms with Crippen LogP contribution in [0.3, 0.4) is 0 Å². The maximum absolute atomic E-state index is 8.91. The lowest BCUT2D eigenvalue weighted by Gasteiger charge is -2.21. The van der Waals surface area contributed by atoms with Crippen molar-refractivity contribution in [3.63, 3.8) is 0 Å². The average Bonchev–Trinajstić information content (AvgIpc) is 2.83. The quantitative estimate of drug-likeness (QED) is 0.840. The number of anilines is 1. The van der Waals surface area contributed by atoms with Gasteiger partial charge in [0.1, 0.15) is 6.07 Å². The number of pyridine rings is 1. The van der Waals surface area contributed by atoms with E-state index in [0.717, 1.165) is 25.1 Å². The van der Waals surface area contributed by atoms with Crippen molar-refractivity contribution in [2.45, 2.75) is 31.9 Å². The van der Waals surface area contributed by atoms with Crippen LogP contribution in [0.25, 0.3) is 0 Å². The number of hydrogen-bond donors (Lipinski definition) is 1. The van der Waals surface area contributed by atoms with Gasteiger partial charge in [0.15, 0.2) is 5.69 Å². The summed E-state index contributed by atoms with van der Waals surface area (Å²) in [4.78, 5) is 4.01. The van der Waals surface area contributed by atoms with Gasteiger partial charge in [-0.05, 0) is 31.9 Å². The molecular weight excluding hydrogens is 202 g/mol. The lowest BCUT2D eigenvalue weighted by molar-refractivity contribution is 0.0996. The smallest absolute Gasteiger partial charge is 0.163 e. The first-order valence-electron chi connectivity index (χ1n) is 5.54. The minimum absolute atomic E-state index is 0.207. The monoisotopic (exact) mass is 217 g/mol. The highest BCUT2D eigenvalue weighted by Crippen LogP contribution is 2.20. The van der Waals surface area contributed by atoms with Crippen molar-refractivity contribution in [1.29, 1.82) is 5.26 Å². The highest BCUT2D eigenvalue weighted by atomic mass is 16.5. The second-order valence-electron chi connectivity index (χ2n) is 4.00. The first kappa shape index (κ1) is 10.9. The van der Waals surface area contributed by atoms with Gasteiger partial charge in [0.2, 0.25) is 0 Å². The molecule has 1 N–H and O–H groups in total. The van der Waals surface area contributed by atoms with Crippen LogP contribution in [0, 0.1) is 11.3 Å². The van der Waals surface area contributed by atoms with Crippen molar-refractivity contribution in [1.82, 2.24) is 4.98 Å². The fourth-order valence-electron chi connectivity index (χ4n) is 1.95. The minimum atomic E-state index is 0.207. The first-order chi connectivity index (χ1) is 7.81. The first-order valence-corrected chi connectivity index (χ1v) is 5.54. The molecule has 16 heavy (non-hydrogen) atoms. The SMILES string of the molecule is CC(Nc1cccnc1C#N)C1CCCO1. The Bertz CT molecular complexity index is 393. The summed E-state index contributed by atoms with van der Waals surface area (Å²) in [5, 5.41) is 12.2. The second kappa shape index (κ2) is 4.95. The summed E-state index contributed by atoms with van der Waals surface area (Å²) in [6.45, 7) is 2.92. The molecule has 1 fully saturated rings. The van der Waals surface area contributed by atoms with E-state index in [1.165, 1.54) is 0 Å². The largest absolute Gasteiger partial charge is 0.378 e. The van der Waals surface area contributed by atoms with Crippen LogP contribution < -0.4 is 5.32 Å². The third kappa shape index (κ3) is 2.31. The topological polar surface area (TPSA) is 57.9 Å². The average molecular weight is 217 g/mol. The summed E-state index contributed by atoms with van der Waals surface area (Å²) in [5.74, 6) is 0. The minimum Gasteiger partial charge on any atom is -0.378 e. The van der Waals surface area contributed by atoms with Gasteiger partial charge in [-0.15, -0.1) is 0 Å². The number of aromatic nitrogens is 1. The van der Waals surface area contributed by atoms with E-state index in [-0.39, 0.29) is 12.1 Å². The molecule has 0 aliphatic carbocycles. The number of nitriles is 1. The molecule has 0 spiro atoms. The Morgan fingerprint density at radius 3 is 3.25 bits per heavy atom. The van der Waals surface area contributed by atoms with Crippen molar-refractivity contribution in [2.75, 3.05) is 11.9 Å². The molecule has 84 valence electrons. The van der Waals surface area contributed by atoms with Crippen molar-refractivity contribution in [2.24, 2.45) is 0 Å². The van der Waals surface area contributed by atoms with Gasteiger partial charge in [-0.3, -0.25) is 0 Å². The van der Waals surface area contributed by atoms with E-state index in [0.29, 0.717) is 5.69 Å². The molecule has 2 rings (SSSR count). The third-order valence-electron chi connectivity index (χ3n) is 2.82. The van der Waals surface area contributed by atoms with Crippen LogP contribution in [-0.4, -0.2) is 23.7 Å². The predicted molar refractivity (Wildman–Crippen MR) is 61.0 cm³/mol. The molecule has 4 nitrogen and oxygen atoms in total. The molecule has 0 saturated carbocycles. The normalized spacial score (nSPS) is 21.4. The summed E-state index contributed by atoms with van der Waals surface area (Å²) < 4.78 is 5.59. The van der Waals surface area contributed by atoms with Crippen LogP contribution >= 0.6 is 0 Å². The number of rotatable bonds is 3. The Morgan fingerprint density at radius 2 is 2.56 bits per heavy atom. The highest BCUT2D eigenvalue weighted by molar-refractivity contribution is 5.53. The van der Waals surface area contributed by atoms with Crippen molar-refractivity contribution in [3.8, 4) is 6.07 Å². The molecule has 1 aromatic heterocycles. The van der Waals surface area contributed by atoms with E-state index in [1.807, 2.05) is 12.1 Å². The van der Waals surface area contributed by atoms with E-state index < -0.39 is 0 Å². The van der Waals surface area contributed by atoms with Gasteiger partial charge in [-0.2, -0.15) is 5.26 Å². The summed E-state index contributed by atoms with van der Waals surface area (Å²) in [7, 11) is 0. The van der Waals surface area contributed by atoms with Gasteiger partial charge in [-0.1, -0.05) is 0 Å². The Hall–Kier alpha value is -1.60. The third-order valence-corrected chi connectivity index (χ3v) is 2.82. The van der Waals surface area contributed by atoms with Gasteiger partial charge in [0, 0.05) is 18.8 Å². The molecule has 1 saturated heterocycles. The number of hydrogen-bond acceptors (Lipinski definition) is 4. The van der Waals surface area contributed by atoms with E-state index in [4.69, 9.17) is 10.00 Å². The van der Waals surface area contributed by atoms with Gasteiger partial charge in [-0.25, -0.2) is 4.98 Å². The molecular formula is C12H15N3O. The molecule has 0 bridgehead atoms. The fraction of sp³-hybridized carbons (Fsp3) is 0.500. The van der Waals surface area contributed by atoms with E-state index in [9.17, 15) is 0 Å². The van der Waals surface area contributed by atoms with Gasteiger partial charge >= 0.3 is 0 Å². The molecule has 0 radical (unpaired) electrons. The van der Waals surface area contributed by atoms with E-state index in [1.54, 1.807) is 6.20 Å². The lowest BCUT2D eigenvalue weighted by Crippen LogP contribution is -2.30. The summed E-state index contributed by atoms with van der Waals surface area (Å²) in [6, 6.07) is 5.98. The van der Waals surface area contributed by atoms with E-state index >= 15 is 0 Å². The standard InChI is InChI=1S/C12H15N3O/c1-9(12-5-3-7-16-12)15-10-4-2-6-14-11(10)8-13/h2,4,6,9,12,15H,3,5,7H2,1H3. The Kier molecular flexibility index (Phi) is 3.37. The lowest BCUT2D eigenvalue weighted by atomic mass is 10.1. The molecule has 4 heteroatoms. The second-order valence-corrected chi connectivity index (χ2v) is 4.00. The van der Waals surface area contributed by atoms with Crippen molar-refractivity contribution < 1.29 is 4.74 Å². The molecule has 2 atom stereocenters. The molecule has 1 aromatic rings. The predicted octanol–water partition coefficient (Wildman–Crippen LogP) is 1.93. The van der Waals surface area contributed by atoms with Crippen LogP contribution in [0.5, 0.6) is 0 Å². The van der Waals surface area contributed by atoms with Crippen LogP contribution in [0.1, 0.15) is 25.5 Å². The number of nitrogens with one attached hydrogen (secondary N) is 1. The van der Waals surface area contributed by atoms with Gasteiger partial charge in [0.25, 0.3) is 0 Å². The van der Waals surface area contributed by atoms with Crippen LogP contribution in [-0.2, 0) is 4.74 Å². The maximum Gasteiger partial charge on any atom is 0.163 e. The number of nitrogens with zero attached hydrogens (tertiary/aromatic N) is 2. The molecule has 0 aromatic carbocycles. The van der Waals surface area contributed by atoms with Gasteiger partial charge < -0.3 is 10.1 Å². The summed E-state index contributed by atoms with van der Waals surface area (Å²) in [6.07, 6.45) is 4.07. The van der Waals surface area contributed by atoms with Crippen LogP contribution in [0.4, 0.5) is 5.69 Å². The fourth-order valence-corrected chi connectivity index (χ4v) is 1.95. The molecule has 1 aliphatic rings. The molecule has 2 heterocycles. The zero-order valence-electron chi connectivity index (χ0n) is 9.31. The maximum atomic E-state index is 8.91. The Labute approximate surface area is 95.3 Å². The molecule has 1 aliphatic heterocycles. The summed E-state index contributed by atoms with van der Waals surface area (Å²) >= 11 is 0. The molecule has 0 amide bonds. The highest BCUT2D eigenvalue weighted by Gasteiger charge is 2.22. The summed E-state index contributed by atoms with van der Waals surface area (Å²) in [5.41, 5.74) is 1.22. The Balaban J connectivity index is 2.05. The van der Waals surface area contributed by atoms with Crippen molar-refractivity contribution in [3.05, 3.63) is 24.0 Å². The van der Waals surface area contributed by atoms with E-state index in [2.05, 4.69) is 23.3 Å². The van der Waals surface area contributed by atoms with Crippen LogP contribution in [0.15, 0.2) is 18.3 Å². The van der Waals surface area contributed by atoms with Gasteiger partial charge in [0.05, 0.1) is 11.8 Å².